The number of carboxylic acid groups (broad SMARTS) is 1. The van der Waals surface area contributed by atoms with Crippen LogP contribution in [0.2, 0.25) is 0 Å². The molecule has 2 aromatic rings. The van der Waals surface area contributed by atoms with E-state index in [9.17, 15) is 9.18 Å². The fourth-order valence-electron chi connectivity index (χ4n) is 1.94. The van der Waals surface area contributed by atoms with E-state index in [-0.39, 0.29) is 5.82 Å². The van der Waals surface area contributed by atoms with Crippen LogP contribution in [0.25, 0.3) is 10.6 Å². The Labute approximate surface area is 126 Å². The maximum absolute atomic E-state index is 12.9. The van der Waals surface area contributed by atoms with Gasteiger partial charge >= 0.3 is 5.97 Å². The van der Waals surface area contributed by atoms with Crippen LogP contribution in [0.15, 0.2) is 29.6 Å². The van der Waals surface area contributed by atoms with E-state index in [0.717, 1.165) is 22.7 Å². The quantitative estimate of drug-likeness (QED) is 0.824. The van der Waals surface area contributed by atoms with Gasteiger partial charge in [0, 0.05) is 17.5 Å². The van der Waals surface area contributed by atoms with E-state index in [1.165, 1.54) is 23.5 Å². The van der Waals surface area contributed by atoms with Crippen molar-refractivity contribution in [1.82, 2.24) is 10.3 Å². The van der Waals surface area contributed by atoms with E-state index in [1.807, 2.05) is 12.3 Å². The molecule has 0 saturated carbocycles. The Morgan fingerprint density at radius 1 is 1.43 bits per heavy atom. The van der Waals surface area contributed by atoms with Crippen molar-refractivity contribution in [2.45, 2.75) is 32.4 Å². The molecule has 4 nitrogen and oxygen atoms in total. The summed E-state index contributed by atoms with van der Waals surface area (Å²) in [6.45, 7) is 2.36. The Balaban J connectivity index is 2.00. The zero-order chi connectivity index (χ0) is 15.2. The van der Waals surface area contributed by atoms with Crippen LogP contribution in [0.3, 0.4) is 0 Å². The van der Waals surface area contributed by atoms with Gasteiger partial charge in [0.15, 0.2) is 0 Å². The molecule has 0 amide bonds. The first-order valence-corrected chi connectivity index (χ1v) is 7.64. The van der Waals surface area contributed by atoms with Crippen molar-refractivity contribution in [3.63, 3.8) is 0 Å². The van der Waals surface area contributed by atoms with Gasteiger partial charge in [0.1, 0.15) is 16.9 Å². The molecule has 1 heterocycles. The number of thiazole rings is 1. The second-order valence-corrected chi connectivity index (χ2v) is 5.57. The highest BCUT2D eigenvalue weighted by atomic mass is 32.1. The monoisotopic (exact) mass is 308 g/mol. The average molecular weight is 308 g/mol. The summed E-state index contributed by atoms with van der Waals surface area (Å²) < 4.78 is 12.9. The van der Waals surface area contributed by atoms with Crippen LogP contribution in [0.4, 0.5) is 4.39 Å². The highest BCUT2D eigenvalue weighted by molar-refractivity contribution is 7.13. The molecule has 0 fully saturated rings. The molecule has 1 unspecified atom stereocenters. The van der Waals surface area contributed by atoms with Crippen LogP contribution >= 0.6 is 11.3 Å². The smallest absolute Gasteiger partial charge is 0.320 e. The first-order valence-electron chi connectivity index (χ1n) is 6.76. The van der Waals surface area contributed by atoms with Crippen LogP contribution in [-0.2, 0) is 11.3 Å². The van der Waals surface area contributed by atoms with Crippen LogP contribution in [0.1, 0.15) is 25.5 Å². The number of nitrogens with zero attached hydrogens (tertiary/aromatic N) is 1. The molecule has 0 aliphatic heterocycles. The van der Waals surface area contributed by atoms with Crippen molar-refractivity contribution in [1.29, 1.82) is 0 Å². The minimum Gasteiger partial charge on any atom is -0.480 e. The number of aliphatic carboxylic acids is 1. The molecule has 2 rings (SSSR count). The lowest BCUT2D eigenvalue weighted by molar-refractivity contribution is -0.139. The molecular weight excluding hydrogens is 291 g/mol. The number of benzene rings is 1. The molecule has 0 aliphatic rings. The van der Waals surface area contributed by atoms with E-state index in [4.69, 9.17) is 5.11 Å². The van der Waals surface area contributed by atoms with Crippen LogP contribution in [0, 0.1) is 5.82 Å². The second-order valence-electron chi connectivity index (χ2n) is 4.71. The summed E-state index contributed by atoms with van der Waals surface area (Å²) in [5.41, 5.74) is 1.65. The summed E-state index contributed by atoms with van der Waals surface area (Å²) in [6, 6.07) is 5.61. The minimum absolute atomic E-state index is 0.277. The standard InChI is InChI=1S/C15H17FN2O2S/c1-2-3-13(15(19)20)17-8-12-9-21-14(18-12)10-4-6-11(16)7-5-10/h4-7,9,13,17H,2-3,8H2,1H3,(H,19,20). The van der Waals surface area contributed by atoms with Gasteiger partial charge in [-0.05, 0) is 30.7 Å². The molecule has 1 aromatic heterocycles. The highest BCUT2D eigenvalue weighted by Crippen LogP contribution is 2.23. The predicted octanol–water partition coefficient (Wildman–Crippen LogP) is 3.29. The zero-order valence-corrected chi connectivity index (χ0v) is 12.5. The maximum Gasteiger partial charge on any atom is 0.320 e. The van der Waals surface area contributed by atoms with Crippen molar-refractivity contribution in [2.24, 2.45) is 0 Å². The molecule has 0 aliphatic carbocycles. The largest absolute Gasteiger partial charge is 0.480 e. The fraction of sp³-hybridized carbons (Fsp3) is 0.333. The van der Waals surface area contributed by atoms with Crippen molar-refractivity contribution in [2.75, 3.05) is 0 Å². The van der Waals surface area contributed by atoms with Gasteiger partial charge in [0.05, 0.1) is 5.69 Å². The maximum atomic E-state index is 12.9. The molecule has 1 atom stereocenters. The number of rotatable bonds is 7. The molecule has 2 N–H and O–H groups in total. The van der Waals surface area contributed by atoms with Crippen molar-refractivity contribution in [3.05, 3.63) is 41.2 Å². The van der Waals surface area contributed by atoms with E-state index in [2.05, 4.69) is 10.3 Å². The molecule has 112 valence electrons. The van der Waals surface area contributed by atoms with Gasteiger partial charge in [0.25, 0.3) is 0 Å². The SMILES string of the molecule is CCCC(NCc1csc(-c2ccc(F)cc2)n1)C(=O)O. The summed E-state index contributed by atoms with van der Waals surface area (Å²) in [6.07, 6.45) is 1.39. The van der Waals surface area contributed by atoms with Crippen LogP contribution in [-0.4, -0.2) is 22.1 Å². The summed E-state index contributed by atoms with van der Waals surface area (Å²) >= 11 is 1.46. The van der Waals surface area contributed by atoms with Gasteiger partial charge in [-0.2, -0.15) is 0 Å². The number of aromatic nitrogens is 1. The lowest BCUT2D eigenvalue weighted by Crippen LogP contribution is -2.36. The lowest BCUT2D eigenvalue weighted by atomic mass is 10.1. The van der Waals surface area contributed by atoms with E-state index < -0.39 is 12.0 Å². The Kier molecular flexibility index (Phi) is 5.41. The van der Waals surface area contributed by atoms with Crippen LogP contribution in [0.5, 0.6) is 0 Å². The fourth-order valence-corrected chi connectivity index (χ4v) is 2.77. The molecule has 6 heteroatoms. The van der Waals surface area contributed by atoms with E-state index in [1.54, 1.807) is 12.1 Å². The molecule has 1 aromatic carbocycles. The highest BCUT2D eigenvalue weighted by Gasteiger charge is 2.16. The summed E-state index contributed by atoms with van der Waals surface area (Å²) in [4.78, 5) is 15.5. The van der Waals surface area contributed by atoms with E-state index in [0.29, 0.717) is 13.0 Å². The van der Waals surface area contributed by atoms with Crippen LogP contribution < -0.4 is 5.32 Å². The Bertz CT molecular complexity index is 598. The van der Waals surface area contributed by atoms with Gasteiger partial charge in [-0.3, -0.25) is 10.1 Å². The van der Waals surface area contributed by atoms with Gasteiger partial charge in [-0.15, -0.1) is 11.3 Å². The summed E-state index contributed by atoms with van der Waals surface area (Å²) in [7, 11) is 0. The summed E-state index contributed by atoms with van der Waals surface area (Å²) in [5.74, 6) is -1.12. The van der Waals surface area contributed by atoms with Crippen molar-refractivity contribution in [3.8, 4) is 10.6 Å². The number of hydrogen-bond acceptors (Lipinski definition) is 4. The van der Waals surface area contributed by atoms with Crippen molar-refractivity contribution >= 4 is 17.3 Å². The van der Waals surface area contributed by atoms with E-state index >= 15 is 0 Å². The third-order valence-corrected chi connectivity index (χ3v) is 3.99. The predicted molar refractivity (Wildman–Crippen MR) is 80.7 cm³/mol. The number of carboxylic acids is 1. The summed E-state index contributed by atoms with van der Waals surface area (Å²) in [5, 5.41) is 14.8. The van der Waals surface area contributed by atoms with Gasteiger partial charge in [0.2, 0.25) is 0 Å². The van der Waals surface area contributed by atoms with Gasteiger partial charge < -0.3 is 5.11 Å². The van der Waals surface area contributed by atoms with Gasteiger partial charge in [-0.25, -0.2) is 9.37 Å². The Morgan fingerprint density at radius 3 is 2.76 bits per heavy atom. The molecule has 0 radical (unpaired) electrons. The molecule has 0 saturated heterocycles. The topological polar surface area (TPSA) is 62.2 Å². The minimum atomic E-state index is -0.842. The lowest BCUT2D eigenvalue weighted by Gasteiger charge is -2.11. The average Bonchev–Trinajstić information content (AvgIpc) is 2.92. The normalized spacial score (nSPS) is 12.3. The first kappa shape index (κ1) is 15.6. The number of nitrogens with one attached hydrogen (secondary N) is 1. The van der Waals surface area contributed by atoms with Crippen molar-refractivity contribution < 1.29 is 14.3 Å². The molecule has 21 heavy (non-hydrogen) atoms. The second kappa shape index (κ2) is 7.28. The Morgan fingerprint density at radius 2 is 2.14 bits per heavy atom. The van der Waals surface area contributed by atoms with Gasteiger partial charge in [-0.1, -0.05) is 13.3 Å². The Hall–Kier alpha value is -1.79. The molecule has 0 spiro atoms. The number of carbonyl (C=O) groups is 1. The zero-order valence-electron chi connectivity index (χ0n) is 11.7. The number of hydrogen-bond donors (Lipinski definition) is 2. The number of halogens is 1. The third kappa shape index (κ3) is 4.34. The molecular formula is C15H17FN2O2S. The first-order chi connectivity index (χ1) is 10.1. The third-order valence-electron chi connectivity index (χ3n) is 3.05. The molecule has 0 bridgehead atoms.